The third-order valence-electron chi connectivity index (χ3n) is 11.6. The van der Waals surface area contributed by atoms with Gasteiger partial charge in [0, 0.05) is 32.2 Å². The third kappa shape index (κ3) is 18.5. The van der Waals surface area contributed by atoms with E-state index in [0.29, 0.717) is 25.7 Å². The van der Waals surface area contributed by atoms with Crippen molar-refractivity contribution in [1.82, 2.24) is 36.8 Å². The van der Waals surface area contributed by atoms with Gasteiger partial charge >= 0.3 is 11.9 Å². The van der Waals surface area contributed by atoms with Crippen molar-refractivity contribution >= 4 is 59.2 Å². The van der Waals surface area contributed by atoms with Gasteiger partial charge in [-0.1, -0.05) is 63.4 Å². The minimum atomic E-state index is -1.66. The number of aliphatic hydroxyl groups excluding tert-OH is 3. The van der Waals surface area contributed by atoms with E-state index in [1.807, 2.05) is 6.07 Å². The predicted octanol–water partition coefficient (Wildman–Crippen LogP) is -2.25. The first-order chi connectivity index (χ1) is 32.2. The fourth-order valence-electron chi connectivity index (χ4n) is 7.91. The van der Waals surface area contributed by atoms with E-state index in [2.05, 4.69) is 31.9 Å². The lowest BCUT2D eigenvalue weighted by Gasteiger charge is -2.32. The average molecular weight is 961 g/mol. The van der Waals surface area contributed by atoms with Crippen LogP contribution in [0.1, 0.15) is 103 Å². The number of β-amino-alcohol motifs (C(OH)–C–C–N with tert-alkyl or cyclic N) is 1. The number of nitrogens with zero attached hydrogens (tertiary/aromatic N) is 1. The minimum absolute atomic E-state index is 0.0455. The monoisotopic (exact) mass is 960 g/mol. The first kappa shape index (κ1) is 56.1. The van der Waals surface area contributed by atoms with Gasteiger partial charge in [-0.25, -0.2) is 4.79 Å². The number of hydrogen-bond acceptors (Lipinski definition) is 14. The van der Waals surface area contributed by atoms with Crippen LogP contribution in [-0.4, -0.2) is 153 Å². The van der Waals surface area contributed by atoms with Crippen LogP contribution < -0.4 is 37.6 Å². The lowest BCUT2D eigenvalue weighted by Crippen LogP contribution is -2.61. The zero-order chi connectivity index (χ0) is 50.5. The molecule has 1 aromatic rings. The molecule has 0 aromatic heterocycles. The molecule has 1 aliphatic heterocycles. The fourth-order valence-corrected chi connectivity index (χ4v) is 7.91. The lowest BCUT2D eigenvalue weighted by molar-refractivity contribution is -0.145. The van der Waals surface area contributed by atoms with E-state index in [4.69, 9.17) is 10.5 Å². The van der Waals surface area contributed by atoms with E-state index < -0.39 is 133 Å². The van der Waals surface area contributed by atoms with Crippen molar-refractivity contribution in [1.29, 1.82) is 0 Å². The minimum Gasteiger partial charge on any atom is -0.480 e. The van der Waals surface area contributed by atoms with Crippen molar-refractivity contribution in [2.45, 2.75) is 153 Å². The summed E-state index contributed by atoms with van der Waals surface area (Å²) in [4.78, 5) is 131. The Labute approximate surface area is 394 Å². The smallest absolute Gasteiger partial charge is 0.326 e. The number of primary amides is 1. The van der Waals surface area contributed by atoms with E-state index in [1.54, 1.807) is 38.1 Å². The largest absolute Gasteiger partial charge is 0.480 e. The second-order valence-electron chi connectivity index (χ2n) is 17.6. The van der Waals surface area contributed by atoms with Crippen LogP contribution in [0.5, 0.6) is 0 Å². The lowest BCUT2D eigenvalue weighted by atomic mass is 9.83. The Morgan fingerprint density at radius 2 is 1.29 bits per heavy atom. The molecule has 0 bridgehead atoms. The maximum atomic E-state index is 14.0. The Kier molecular flexibility index (Phi) is 23.3. The molecule has 2 fully saturated rings. The predicted molar refractivity (Wildman–Crippen MR) is 240 cm³/mol. The molecule has 1 heterocycles. The van der Waals surface area contributed by atoms with Gasteiger partial charge in [-0.2, -0.15) is 0 Å². The fraction of sp³-hybridized carbons (Fsp3) is 0.644. The standard InChI is InChI=1S/C45H68N8O15/c1-25(2)19-31(45(66)67)49-41(62)32(22-54)51-40(61)30(17-18-35(46)57)48-44(65)38(28-13-8-5-9-14-28)52-42(63)33(23-55)50-39(60)26(3)47-43(64)34-20-29(56)21-53(34)36(58)15-10-16-37(59)68-24-27-11-6-4-7-12-27/h4,6-7,11-12,25-26,28-34,38,54-56H,5,8-10,13-24H2,1-3H3,(H2,46,57)(H,47,64)(H,48,65)(H,49,62)(H,50,60)(H,51,61)(H,52,63)(H,66,67)/t26-,29+,30-,31-,32-,33-,34-,38-/m0/s1. The highest BCUT2D eigenvalue weighted by molar-refractivity contribution is 5.97. The molecule has 1 saturated heterocycles. The molecule has 68 heavy (non-hydrogen) atoms. The molecule has 8 atom stereocenters. The summed E-state index contributed by atoms with van der Waals surface area (Å²) < 4.78 is 5.24. The Balaban J connectivity index is 1.65. The number of amides is 8. The Bertz CT molecular complexity index is 1910. The summed E-state index contributed by atoms with van der Waals surface area (Å²) in [6.45, 7) is 2.75. The van der Waals surface area contributed by atoms with E-state index in [9.17, 15) is 68.4 Å². The van der Waals surface area contributed by atoms with E-state index in [1.165, 1.54) is 6.92 Å². The number of ether oxygens (including phenoxy) is 1. The van der Waals surface area contributed by atoms with Gasteiger partial charge in [0.05, 0.1) is 19.3 Å². The maximum absolute atomic E-state index is 14.0. The topological polar surface area (TPSA) is 362 Å². The van der Waals surface area contributed by atoms with Gasteiger partial charge in [0.1, 0.15) is 48.9 Å². The highest BCUT2D eigenvalue weighted by atomic mass is 16.5. The molecule has 23 heteroatoms. The quantitative estimate of drug-likeness (QED) is 0.0415. The average Bonchev–Trinajstić information content (AvgIpc) is 3.71. The summed E-state index contributed by atoms with van der Waals surface area (Å²) in [5.74, 6) is -9.50. The van der Waals surface area contributed by atoms with Crippen LogP contribution >= 0.6 is 0 Å². The highest BCUT2D eigenvalue weighted by Gasteiger charge is 2.40. The molecule has 2 aliphatic rings. The second kappa shape index (κ2) is 28.2. The van der Waals surface area contributed by atoms with Crippen LogP contribution in [0.4, 0.5) is 0 Å². The number of aliphatic hydroxyl groups is 3. The molecule has 23 nitrogen and oxygen atoms in total. The van der Waals surface area contributed by atoms with Crippen molar-refractivity contribution in [3.63, 3.8) is 0 Å². The number of nitrogens with two attached hydrogens (primary N) is 1. The molecule has 8 amide bonds. The van der Waals surface area contributed by atoms with Crippen LogP contribution in [0.25, 0.3) is 0 Å². The van der Waals surface area contributed by atoms with Crippen molar-refractivity contribution in [3.8, 4) is 0 Å². The van der Waals surface area contributed by atoms with Crippen LogP contribution in [0.15, 0.2) is 30.3 Å². The van der Waals surface area contributed by atoms with Crippen molar-refractivity contribution in [3.05, 3.63) is 35.9 Å². The summed E-state index contributed by atoms with van der Waals surface area (Å²) in [5, 5.41) is 54.5. The normalized spacial score (nSPS) is 18.7. The second-order valence-corrected chi connectivity index (χ2v) is 17.6. The van der Waals surface area contributed by atoms with Crippen molar-refractivity contribution in [2.24, 2.45) is 17.6 Å². The summed E-state index contributed by atoms with van der Waals surface area (Å²) in [7, 11) is 0. The molecular weight excluding hydrogens is 893 g/mol. The maximum Gasteiger partial charge on any atom is 0.326 e. The zero-order valence-corrected chi connectivity index (χ0v) is 38.8. The number of hydrogen-bond donors (Lipinski definition) is 11. The van der Waals surface area contributed by atoms with Gasteiger partial charge in [-0.3, -0.25) is 43.2 Å². The summed E-state index contributed by atoms with van der Waals surface area (Å²) in [6, 6.07) is -1.03. The number of benzene rings is 1. The van der Waals surface area contributed by atoms with E-state index in [-0.39, 0.29) is 57.6 Å². The Morgan fingerprint density at radius 1 is 0.721 bits per heavy atom. The number of esters is 1. The number of carbonyl (C=O) groups excluding carboxylic acids is 9. The molecule has 12 N–H and O–H groups in total. The molecule has 1 aliphatic carbocycles. The zero-order valence-electron chi connectivity index (χ0n) is 38.8. The molecule has 0 radical (unpaired) electrons. The number of carbonyl (C=O) groups is 10. The highest BCUT2D eigenvalue weighted by Crippen LogP contribution is 2.27. The summed E-state index contributed by atoms with van der Waals surface area (Å²) >= 11 is 0. The summed E-state index contributed by atoms with van der Waals surface area (Å²) in [5.41, 5.74) is 6.13. The van der Waals surface area contributed by atoms with E-state index >= 15 is 0 Å². The molecule has 1 aromatic carbocycles. The molecule has 1 saturated carbocycles. The number of aliphatic carboxylic acids is 1. The third-order valence-corrected chi connectivity index (χ3v) is 11.6. The number of rotatable bonds is 27. The van der Waals surface area contributed by atoms with Crippen molar-refractivity contribution in [2.75, 3.05) is 19.8 Å². The van der Waals surface area contributed by atoms with Gasteiger partial charge in [-0.15, -0.1) is 0 Å². The SMILES string of the molecule is CC(C)C[C@H](NC(=O)[C@H](CO)NC(=O)[C@H](CCC(N)=O)NC(=O)[C@@H](NC(=O)[C@H](CO)NC(=O)[C@H](C)NC(=O)[C@@H]1C[C@@H](O)CN1C(=O)CCCC(=O)OCc1ccccc1)C1CCCCC1)C(=O)O. The van der Waals surface area contributed by atoms with Gasteiger partial charge in [0.25, 0.3) is 0 Å². The first-order valence-corrected chi connectivity index (χ1v) is 23.0. The molecule has 3 rings (SSSR count). The number of carboxylic acids is 1. The number of carboxylic acid groups (broad SMARTS) is 1. The molecule has 0 spiro atoms. The van der Waals surface area contributed by atoms with Gasteiger partial charge in [-0.05, 0) is 56.4 Å². The summed E-state index contributed by atoms with van der Waals surface area (Å²) in [6.07, 6.45) is 1.12. The number of likely N-dealkylation sites (tertiary alicyclic amines) is 1. The van der Waals surface area contributed by atoms with Crippen molar-refractivity contribution < 1.29 is 73.1 Å². The molecular formula is C45H68N8O15. The first-order valence-electron chi connectivity index (χ1n) is 23.0. The van der Waals surface area contributed by atoms with E-state index in [0.717, 1.165) is 16.9 Å². The molecule has 378 valence electrons. The molecule has 0 unspecified atom stereocenters. The Morgan fingerprint density at radius 3 is 1.88 bits per heavy atom. The number of nitrogens with one attached hydrogen (secondary N) is 6. The van der Waals surface area contributed by atoms with Crippen LogP contribution in [0.2, 0.25) is 0 Å². The Hall–Kier alpha value is -6.20. The van der Waals surface area contributed by atoms with Gasteiger partial charge < -0.3 is 67.7 Å². The van der Waals surface area contributed by atoms with Gasteiger partial charge in [0.15, 0.2) is 0 Å². The van der Waals surface area contributed by atoms with Crippen LogP contribution in [0, 0.1) is 11.8 Å². The van der Waals surface area contributed by atoms with Crippen LogP contribution in [-0.2, 0) is 59.3 Å². The van der Waals surface area contributed by atoms with Gasteiger partial charge in [0.2, 0.25) is 47.3 Å². The van der Waals surface area contributed by atoms with Crippen LogP contribution in [0.3, 0.4) is 0 Å².